The van der Waals surface area contributed by atoms with Crippen molar-refractivity contribution in [2.45, 2.75) is 26.8 Å². The van der Waals surface area contributed by atoms with Crippen LogP contribution in [0, 0.1) is 25.2 Å². The van der Waals surface area contributed by atoms with Crippen molar-refractivity contribution in [2.75, 3.05) is 7.11 Å². The van der Waals surface area contributed by atoms with E-state index in [4.69, 9.17) is 16.3 Å². The van der Waals surface area contributed by atoms with Crippen LogP contribution >= 0.6 is 11.6 Å². The van der Waals surface area contributed by atoms with Crippen LogP contribution in [-0.4, -0.2) is 16.8 Å². The van der Waals surface area contributed by atoms with Gasteiger partial charge in [-0.25, -0.2) is 0 Å². The van der Waals surface area contributed by atoms with Gasteiger partial charge in [0, 0.05) is 17.1 Å². The minimum atomic E-state index is -0.524. The summed E-state index contributed by atoms with van der Waals surface area (Å²) in [5.41, 5.74) is 2.06. The Bertz CT molecular complexity index is 1240. The van der Waals surface area contributed by atoms with Crippen molar-refractivity contribution in [1.82, 2.24) is 4.57 Å². The van der Waals surface area contributed by atoms with E-state index in [0.29, 0.717) is 17.1 Å². The highest BCUT2D eigenvalue weighted by atomic mass is 35.5. The molecule has 1 N–H and O–H groups in total. The predicted molar refractivity (Wildman–Crippen MR) is 119 cm³/mol. The van der Waals surface area contributed by atoms with Gasteiger partial charge in [-0.2, -0.15) is 10.4 Å². The van der Waals surface area contributed by atoms with Gasteiger partial charge < -0.3 is 9.84 Å². The molecule has 0 spiro atoms. The first-order valence-electron chi connectivity index (χ1n) is 9.53. The fourth-order valence-electron chi connectivity index (χ4n) is 3.05. The van der Waals surface area contributed by atoms with Crippen LogP contribution in [0.2, 0.25) is 5.02 Å². The first kappa shape index (κ1) is 22.1. The molecule has 0 radical (unpaired) electrons. The molecule has 0 unspecified atom stereocenters. The molecule has 0 bridgehead atoms. The minimum Gasteiger partial charge on any atom is -0.497 e. The molecule has 0 fully saturated rings. The van der Waals surface area contributed by atoms with Gasteiger partial charge in [0.25, 0.3) is 5.56 Å². The number of pyridine rings is 1. The Labute approximate surface area is 184 Å². The Balaban J connectivity index is 1.97. The Morgan fingerprint density at radius 2 is 1.87 bits per heavy atom. The average molecular weight is 437 g/mol. The zero-order valence-corrected chi connectivity index (χ0v) is 18.1. The predicted octanol–water partition coefficient (Wildman–Crippen LogP) is 5.36. The number of ether oxygens (including phenoxy) is 1. The molecule has 158 valence electrons. The van der Waals surface area contributed by atoms with Crippen LogP contribution in [0.25, 0.3) is 0 Å². The van der Waals surface area contributed by atoms with Gasteiger partial charge in [0.1, 0.15) is 17.4 Å². The summed E-state index contributed by atoms with van der Waals surface area (Å²) in [4.78, 5) is 13.0. The quantitative estimate of drug-likeness (QED) is 0.525. The third-order valence-electron chi connectivity index (χ3n) is 4.97. The summed E-state index contributed by atoms with van der Waals surface area (Å²) >= 11 is 6.12. The van der Waals surface area contributed by atoms with E-state index in [1.807, 2.05) is 37.3 Å². The summed E-state index contributed by atoms with van der Waals surface area (Å²) < 4.78 is 6.29. The standard InChI is InChI=1S/C23H21ClN4O3/c1-14-4-7-17(12-20(14)24)26-27-21-15(2)19(13-25)22(29)28(23(21)30)11-10-16-5-8-18(31-3)9-6-16/h4-9,12,29H,10-11H2,1-3H3. The van der Waals surface area contributed by atoms with Crippen molar-refractivity contribution in [3.8, 4) is 17.7 Å². The number of nitriles is 1. The van der Waals surface area contributed by atoms with Crippen LogP contribution in [0.3, 0.4) is 0 Å². The largest absolute Gasteiger partial charge is 0.497 e. The van der Waals surface area contributed by atoms with E-state index in [1.54, 1.807) is 32.2 Å². The number of methoxy groups -OCH3 is 1. The van der Waals surface area contributed by atoms with Crippen LogP contribution in [0.1, 0.15) is 22.3 Å². The number of azo groups is 1. The summed E-state index contributed by atoms with van der Waals surface area (Å²) in [6.45, 7) is 3.60. The lowest BCUT2D eigenvalue weighted by Crippen LogP contribution is -2.22. The zero-order chi connectivity index (χ0) is 22.5. The molecule has 0 atom stereocenters. The summed E-state index contributed by atoms with van der Waals surface area (Å²) in [5.74, 6) is 0.348. The summed E-state index contributed by atoms with van der Waals surface area (Å²) in [7, 11) is 1.59. The SMILES string of the molecule is COc1ccc(CCn2c(O)c(C#N)c(C)c(N=Nc3ccc(C)c(Cl)c3)c2=O)cc1. The van der Waals surface area contributed by atoms with Crippen LogP contribution < -0.4 is 10.3 Å². The van der Waals surface area contributed by atoms with Crippen molar-refractivity contribution >= 4 is 23.0 Å². The Morgan fingerprint density at radius 1 is 1.16 bits per heavy atom. The molecule has 3 aromatic rings. The lowest BCUT2D eigenvalue weighted by molar-refractivity contribution is 0.403. The van der Waals surface area contributed by atoms with Gasteiger partial charge in [-0.3, -0.25) is 9.36 Å². The molecule has 1 aromatic heterocycles. The molecule has 0 amide bonds. The fraction of sp³-hybridized carbons (Fsp3) is 0.217. The minimum absolute atomic E-state index is 0.000721. The third-order valence-corrected chi connectivity index (χ3v) is 5.38. The van der Waals surface area contributed by atoms with E-state index in [1.165, 1.54) is 0 Å². The lowest BCUT2D eigenvalue weighted by Gasteiger charge is -2.13. The van der Waals surface area contributed by atoms with Gasteiger partial charge in [0.05, 0.1) is 12.8 Å². The Hall–Kier alpha value is -3.63. The number of halogens is 1. The van der Waals surface area contributed by atoms with Crippen molar-refractivity contribution in [3.63, 3.8) is 0 Å². The second-order valence-electron chi connectivity index (χ2n) is 6.97. The summed E-state index contributed by atoms with van der Waals surface area (Å²) in [6, 6.07) is 14.5. The molecule has 31 heavy (non-hydrogen) atoms. The van der Waals surface area contributed by atoms with Crippen LogP contribution in [0.15, 0.2) is 57.5 Å². The van der Waals surface area contributed by atoms with Gasteiger partial charge in [0.15, 0.2) is 5.69 Å². The number of rotatable bonds is 6. The second kappa shape index (κ2) is 9.45. The highest BCUT2D eigenvalue weighted by molar-refractivity contribution is 6.31. The normalized spacial score (nSPS) is 10.9. The van der Waals surface area contributed by atoms with Gasteiger partial charge in [-0.15, -0.1) is 5.11 Å². The van der Waals surface area contributed by atoms with Gasteiger partial charge in [-0.1, -0.05) is 29.8 Å². The maximum atomic E-state index is 13.0. The summed E-state index contributed by atoms with van der Waals surface area (Å²) in [6.07, 6.45) is 0.468. The molecule has 0 aliphatic carbocycles. The van der Waals surface area contributed by atoms with E-state index >= 15 is 0 Å². The van der Waals surface area contributed by atoms with E-state index in [0.717, 1.165) is 21.4 Å². The Morgan fingerprint density at radius 3 is 2.48 bits per heavy atom. The van der Waals surface area contributed by atoms with Crippen molar-refractivity contribution < 1.29 is 9.84 Å². The number of benzene rings is 2. The Kier molecular flexibility index (Phi) is 6.73. The van der Waals surface area contributed by atoms with Gasteiger partial charge in [0.2, 0.25) is 5.88 Å². The molecule has 0 saturated heterocycles. The molecule has 7 nitrogen and oxygen atoms in total. The van der Waals surface area contributed by atoms with E-state index in [-0.39, 0.29) is 29.2 Å². The lowest BCUT2D eigenvalue weighted by atomic mass is 10.1. The second-order valence-corrected chi connectivity index (χ2v) is 7.38. The van der Waals surface area contributed by atoms with E-state index < -0.39 is 5.56 Å². The van der Waals surface area contributed by atoms with Gasteiger partial charge >= 0.3 is 0 Å². The highest BCUT2D eigenvalue weighted by Crippen LogP contribution is 2.28. The van der Waals surface area contributed by atoms with E-state index in [9.17, 15) is 15.2 Å². The number of hydrogen-bond acceptors (Lipinski definition) is 6. The fourth-order valence-corrected chi connectivity index (χ4v) is 3.22. The number of aryl methyl sites for hydroxylation is 2. The maximum absolute atomic E-state index is 13.0. The maximum Gasteiger partial charge on any atom is 0.281 e. The molecule has 8 heteroatoms. The summed E-state index contributed by atoms with van der Waals surface area (Å²) in [5, 5.41) is 28.8. The smallest absolute Gasteiger partial charge is 0.281 e. The van der Waals surface area contributed by atoms with Crippen LogP contribution in [0.5, 0.6) is 11.6 Å². The molecule has 2 aromatic carbocycles. The third kappa shape index (κ3) is 4.76. The van der Waals surface area contributed by atoms with Crippen molar-refractivity contribution in [1.29, 1.82) is 5.26 Å². The molecule has 0 aliphatic rings. The number of hydrogen-bond donors (Lipinski definition) is 1. The zero-order valence-electron chi connectivity index (χ0n) is 17.4. The molecule has 0 saturated carbocycles. The average Bonchev–Trinajstić information content (AvgIpc) is 2.76. The highest BCUT2D eigenvalue weighted by Gasteiger charge is 2.19. The van der Waals surface area contributed by atoms with Crippen molar-refractivity contribution in [2.24, 2.45) is 10.2 Å². The number of nitrogens with zero attached hydrogens (tertiary/aromatic N) is 4. The molecular weight excluding hydrogens is 416 g/mol. The monoisotopic (exact) mass is 436 g/mol. The molecular formula is C23H21ClN4O3. The molecule has 1 heterocycles. The van der Waals surface area contributed by atoms with Crippen molar-refractivity contribution in [3.05, 3.63) is 80.1 Å². The first-order valence-corrected chi connectivity index (χ1v) is 9.90. The molecule has 3 rings (SSSR count). The number of aromatic hydroxyl groups is 1. The van der Waals surface area contributed by atoms with Crippen LogP contribution in [-0.2, 0) is 13.0 Å². The molecule has 0 aliphatic heterocycles. The number of aromatic nitrogens is 1. The van der Waals surface area contributed by atoms with Gasteiger partial charge in [-0.05, 0) is 55.7 Å². The van der Waals surface area contributed by atoms with Crippen LogP contribution in [0.4, 0.5) is 11.4 Å². The first-order chi connectivity index (χ1) is 14.8. The van der Waals surface area contributed by atoms with E-state index in [2.05, 4.69) is 10.2 Å². The topological polar surface area (TPSA) is 100.0 Å².